The molecule has 2 heterocycles. The van der Waals surface area contributed by atoms with Crippen LogP contribution in [0, 0.1) is 11.3 Å². The number of carbonyl (C=O) groups excluding carboxylic acids is 1. The van der Waals surface area contributed by atoms with Gasteiger partial charge in [0, 0.05) is 5.69 Å². The van der Waals surface area contributed by atoms with Crippen molar-refractivity contribution in [2.24, 2.45) is 4.99 Å². The molecular weight excluding hydrogens is 540 g/mol. The van der Waals surface area contributed by atoms with Crippen LogP contribution in [-0.2, 0) is 4.79 Å². The van der Waals surface area contributed by atoms with Crippen molar-refractivity contribution in [2.45, 2.75) is 13.0 Å². The molecule has 206 valence electrons. The molecule has 0 bridgehead atoms. The van der Waals surface area contributed by atoms with Gasteiger partial charge in [0.05, 0.1) is 36.1 Å². The fraction of sp³-hybridized carbons (Fsp3) is 0.161. The van der Waals surface area contributed by atoms with Crippen LogP contribution in [-0.4, -0.2) is 31.3 Å². The zero-order chi connectivity index (χ0) is 28.9. The number of para-hydroxylation sites is 1. The highest BCUT2D eigenvalue weighted by Gasteiger charge is 2.32. The summed E-state index contributed by atoms with van der Waals surface area (Å²) in [6.07, 6.45) is 1.74. The summed E-state index contributed by atoms with van der Waals surface area (Å²) in [4.78, 5) is 32.8. The Labute approximate surface area is 239 Å². The first-order chi connectivity index (χ1) is 19.9. The van der Waals surface area contributed by atoms with E-state index in [2.05, 4.69) is 10.3 Å². The highest BCUT2D eigenvalue weighted by atomic mass is 32.1. The molecule has 0 saturated carbocycles. The number of hydrogen-bond acceptors (Lipinski definition) is 8. The van der Waals surface area contributed by atoms with Crippen molar-refractivity contribution in [3.63, 3.8) is 0 Å². The summed E-state index contributed by atoms with van der Waals surface area (Å²) >= 11 is 1.24. The highest BCUT2D eigenvalue weighted by molar-refractivity contribution is 7.07. The lowest BCUT2D eigenvalue weighted by atomic mass is 9.95. The molecule has 3 aromatic carbocycles. The first-order valence-electron chi connectivity index (χ1n) is 12.6. The van der Waals surface area contributed by atoms with Gasteiger partial charge in [-0.2, -0.15) is 5.26 Å². The van der Waals surface area contributed by atoms with Gasteiger partial charge in [0.15, 0.2) is 22.9 Å². The van der Waals surface area contributed by atoms with E-state index in [1.807, 2.05) is 36.4 Å². The molecule has 0 saturated heterocycles. The second-order valence-corrected chi connectivity index (χ2v) is 10.0. The lowest BCUT2D eigenvalue weighted by molar-refractivity contribution is -0.113. The summed E-state index contributed by atoms with van der Waals surface area (Å²) in [7, 11) is 3.09. The minimum Gasteiger partial charge on any atom is -0.497 e. The molecule has 1 amide bonds. The maximum Gasteiger partial charge on any atom is 0.271 e. The first-order valence-corrected chi connectivity index (χ1v) is 13.5. The summed E-state index contributed by atoms with van der Waals surface area (Å²) in [5.74, 6) is 1.18. The van der Waals surface area contributed by atoms with Crippen LogP contribution in [0.3, 0.4) is 0 Å². The number of nitriles is 1. The van der Waals surface area contributed by atoms with Gasteiger partial charge in [-0.1, -0.05) is 47.7 Å². The molecule has 0 spiro atoms. The van der Waals surface area contributed by atoms with Crippen LogP contribution >= 0.6 is 11.3 Å². The third-order valence-electron chi connectivity index (χ3n) is 6.51. The molecule has 0 aliphatic carbocycles. The third kappa shape index (κ3) is 5.62. The van der Waals surface area contributed by atoms with Crippen LogP contribution < -0.4 is 34.4 Å². The number of hydrogen-bond donors (Lipinski definition) is 1. The van der Waals surface area contributed by atoms with Crippen LogP contribution in [0.25, 0.3) is 6.08 Å². The molecule has 4 aromatic rings. The van der Waals surface area contributed by atoms with Gasteiger partial charge in [-0.25, -0.2) is 4.99 Å². The van der Waals surface area contributed by atoms with Crippen molar-refractivity contribution in [1.29, 1.82) is 5.26 Å². The van der Waals surface area contributed by atoms with Crippen molar-refractivity contribution in [2.75, 3.05) is 26.1 Å². The number of allylic oxidation sites excluding steroid dienone is 1. The topological polar surface area (TPSA) is 115 Å². The predicted octanol–water partition coefficient (Wildman–Crippen LogP) is 3.79. The smallest absolute Gasteiger partial charge is 0.271 e. The van der Waals surface area contributed by atoms with E-state index in [9.17, 15) is 9.59 Å². The number of nitrogens with zero attached hydrogens (tertiary/aromatic N) is 3. The fourth-order valence-corrected chi connectivity index (χ4v) is 5.63. The summed E-state index contributed by atoms with van der Waals surface area (Å²) in [5, 5.41) is 11.8. The first kappa shape index (κ1) is 27.4. The van der Waals surface area contributed by atoms with E-state index in [1.165, 1.54) is 18.4 Å². The molecule has 5 rings (SSSR count). The number of fused-ring (bicyclic) bond motifs is 1. The molecule has 0 unspecified atom stereocenters. The number of rotatable bonds is 8. The summed E-state index contributed by atoms with van der Waals surface area (Å²) < 4.78 is 18.2. The Morgan fingerprint density at radius 1 is 1.07 bits per heavy atom. The maximum atomic E-state index is 13.9. The number of carbonyl (C=O) groups is 1. The van der Waals surface area contributed by atoms with Crippen LogP contribution in [0.1, 0.15) is 24.1 Å². The summed E-state index contributed by atoms with van der Waals surface area (Å²) in [6.45, 7) is 1.66. The van der Waals surface area contributed by atoms with Gasteiger partial charge in [-0.15, -0.1) is 0 Å². The Kier molecular flexibility index (Phi) is 7.99. The summed E-state index contributed by atoms with van der Waals surface area (Å²) in [6, 6.07) is 22.9. The van der Waals surface area contributed by atoms with Crippen molar-refractivity contribution < 1.29 is 19.0 Å². The molecule has 9 nitrogen and oxygen atoms in total. The SMILES string of the molecule is COc1ccc([C@H]2C(C(=O)Nc3ccccc3)=C(C)N=c3s/c(=C/c4ccc(OCC#N)c(OC)c4)c(=O)n32)cc1. The Morgan fingerprint density at radius 2 is 1.83 bits per heavy atom. The number of nitrogens with one attached hydrogen (secondary N) is 1. The van der Waals surface area contributed by atoms with Crippen molar-refractivity contribution in [3.8, 4) is 23.3 Å². The van der Waals surface area contributed by atoms with Crippen LogP contribution in [0.15, 0.2) is 93.9 Å². The zero-order valence-corrected chi connectivity index (χ0v) is 23.4. The standard InChI is InChI=1S/C31H26N4O5S/c1-19-27(29(36)34-22-7-5-4-6-8-22)28(21-10-12-23(38-2)13-11-21)35-30(37)26(41-31(35)33-19)18-20-9-14-24(40-16-15-32)25(17-20)39-3/h4-14,17-18,28H,16H2,1-3H3,(H,34,36)/b26-18+/t28-/m0/s1. The lowest BCUT2D eigenvalue weighted by Crippen LogP contribution is -2.40. The molecule has 1 aliphatic heterocycles. The van der Waals surface area contributed by atoms with Crippen molar-refractivity contribution in [3.05, 3.63) is 115 Å². The Morgan fingerprint density at radius 3 is 2.51 bits per heavy atom. The number of methoxy groups -OCH3 is 2. The number of benzene rings is 3. The molecule has 10 heteroatoms. The molecule has 0 radical (unpaired) electrons. The molecule has 1 N–H and O–H groups in total. The fourth-order valence-electron chi connectivity index (χ4n) is 4.59. The average Bonchev–Trinajstić information content (AvgIpc) is 3.29. The number of aromatic nitrogens is 1. The van der Waals surface area contributed by atoms with Gasteiger partial charge >= 0.3 is 0 Å². The molecule has 0 fully saturated rings. The minimum atomic E-state index is -0.709. The molecule has 41 heavy (non-hydrogen) atoms. The van der Waals surface area contributed by atoms with Gasteiger partial charge in [0.2, 0.25) is 0 Å². The van der Waals surface area contributed by atoms with E-state index in [0.717, 1.165) is 5.56 Å². The highest BCUT2D eigenvalue weighted by Crippen LogP contribution is 2.32. The van der Waals surface area contributed by atoms with Crippen molar-refractivity contribution in [1.82, 2.24) is 4.57 Å². The number of ether oxygens (including phenoxy) is 3. The van der Waals surface area contributed by atoms with E-state index >= 15 is 0 Å². The van der Waals surface area contributed by atoms with Gasteiger partial charge < -0.3 is 19.5 Å². The van der Waals surface area contributed by atoms with Crippen LogP contribution in [0.4, 0.5) is 5.69 Å². The second-order valence-electron chi connectivity index (χ2n) is 9.03. The lowest BCUT2D eigenvalue weighted by Gasteiger charge is -2.25. The average molecular weight is 567 g/mol. The molecular formula is C31H26N4O5S. The van der Waals surface area contributed by atoms with E-state index < -0.39 is 6.04 Å². The van der Waals surface area contributed by atoms with Gasteiger partial charge in [-0.05, 0) is 60.5 Å². The number of thiazole rings is 1. The van der Waals surface area contributed by atoms with Crippen LogP contribution in [0.5, 0.6) is 17.2 Å². The Balaban J connectivity index is 1.63. The maximum absolute atomic E-state index is 13.9. The zero-order valence-electron chi connectivity index (χ0n) is 22.6. The monoisotopic (exact) mass is 566 g/mol. The van der Waals surface area contributed by atoms with Crippen LogP contribution in [0.2, 0.25) is 0 Å². The molecule has 1 aliphatic rings. The van der Waals surface area contributed by atoms with E-state index in [0.29, 0.717) is 49.1 Å². The van der Waals surface area contributed by atoms with E-state index in [-0.39, 0.29) is 18.1 Å². The predicted molar refractivity (Wildman–Crippen MR) is 156 cm³/mol. The Hall–Kier alpha value is -5.14. The summed E-state index contributed by atoms with van der Waals surface area (Å²) in [5.41, 5.74) is 2.70. The minimum absolute atomic E-state index is 0.112. The van der Waals surface area contributed by atoms with E-state index in [1.54, 1.807) is 67.1 Å². The Bertz CT molecular complexity index is 1850. The van der Waals surface area contributed by atoms with E-state index in [4.69, 9.17) is 19.5 Å². The largest absolute Gasteiger partial charge is 0.497 e. The van der Waals surface area contributed by atoms with Crippen molar-refractivity contribution >= 4 is 29.0 Å². The quantitative estimate of drug-likeness (QED) is 0.347. The second kappa shape index (κ2) is 11.9. The van der Waals surface area contributed by atoms with Gasteiger partial charge in [0.1, 0.15) is 11.8 Å². The molecule has 1 aromatic heterocycles. The van der Waals surface area contributed by atoms with Gasteiger partial charge in [-0.3, -0.25) is 14.2 Å². The van der Waals surface area contributed by atoms with Gasteiger partial charge in [0.25, 0.3) is 11.5 Å². The number of amides is 1. The number of anilines is 1. The molecule has 1 atom stereocenters. The third-order valence-corrected chi connectivity index (χ3v) is 7.49. The normalized spacial score (nSPS) is 14.5.